The highest BCUT2D eigenvalue weighted by Crippen LogP contribution is 2.39. The molecular weight excluding hydrogens is 346 g/mol. The summed E-state index contributed by atoms with van der Waals surface area (Å²) >= 11 is 1.74. The molecule has 0 amide bonds. The van der Waals surface area contributed by atoms with Crippen LogP contribution in [-0.4, -0.2) is 38.3 Å². The fourth-order valence-electron chi connectivity index (χ4n) is 4.44. The highest BCUT2D eigenvalue weighted by atomic mass is 32.1. The number of nitrogens with zero attached hydrogens (tertiary/aromatic N) is 4. The average Bonchev–Trinajstić information content (AvgIpc) is 3.13. The zero-order valence-electron chi connectivity index (χ0n) is 15.7. The quantitative estimate of drug-likeness (QED) is 0.748. The van der Waals surface area contributed by atoms with Gasteiger partial charge in [0.25, 0.3) is 0 Å². The first-order valence-electron chi connectivity index (χ1n) is 9.60. The summed E-state index contributed by atoms with van der Waals surface area (Å²) in [6.07, 6.45) is 5.38. The molecule has 0 radical (unpaired) electrons. The van der Waals surface area contributed by atoms with Gasteiger partial charge in [0.1, 0.15) is 17.7 Å². The molecule has 138 valence electrons. The first-order valence-corrected chi connectivity index (χ1v) is 10.4. The Morgan fingerprint density at radius 3 is 3.15 bits per heavy atom. The zero-order chi connectivity index (χ0) is 17.9. The van der Waals surface area contributed by atoms with Gasteiger partial charge in [0.2, 0.25) is 5.82 Å². The van der Waals surface area contributed by atoms with Crippen molar-refractivity contribution in [3.05, 3.63) is 22.6 Å². The van der Waals surface area contributed by atoms with Crippen LogP contribution in [0.25, 0.3) is 15.9 Å². The van der Waals surface area contributed by atoms with E-state index in [0.717, 1.165) is 35.2 Å². The predicted molar refractivity (Wildman–Crippen MR) is 102 cm³/mol. The Hall–Kier alpha value is -1.57. The van der Waals surface area contributed by atoms with Crippen molar-refractivity contribution in [2.24, 2.45) is 5.92 Å². The maximum atomic E-state index is 5.99. The first-order chi connectivity index (χ1) is 12.5. The molecule has 3 aromatic heterocycles. The van der Waals surface area contributed by atoms with E-state index >= 15 is 0 Å². The fraction of sp³-hybridized carbons (Fsp3) is 0.632. The molecule has 0 saturated carbocycles. The molecule has 3 aromatic rings. The molecule has 7 heteroatoms. The Morgan fingerprint density at radius 1 is 1.42 bits per heavy atom. The smallest absolute Gasteiger partial charge is 0.206 e. The molecule has 5 rings (SSSR count). The predicted octanol–water partition coefficient (Wildman–Crippen LogP) is 2.01. The van der Waals surface area contributed by atoms with Gasteiger partial charge in [-0.2, -0.15) is 0 Å². The highest BCUT2D eigenvalue weighted by molar-refractivity contribution is 7.19. The average molecular weight is 373 g/mol. The van der Waals surface area contributed by atoms with Crippen molar-refractivity contribution in [2.45, 2.75) is 58.8 Å². The largest absolute Gasteiger partial charge is 0.370 e. The van der Waals surface area contributed by atoms with Gasteiger partial charge in [-0.3, -0.25) is 0 Å². The van der Waals surface area contributed by atoms with Gasteiger partial charge in [0.15, 0.2) is 5.65 Å². The zero-order valence-corrected chi connectivity index (χ0v) is 16.5. The van der Waals surface area contributed by atoms with E-state index in [1.54, 1.807) is 16.2 Å². The Morgan fingerprint density at radius 2 is 2.31 bits per heavy atom. The van der Waals surface area contributed by atoms with Gasteiger partial charge in [-0.15, -0.1) is 16.4 Å². The molecule has 1 N–H and O–H groups in total. The monoisotopic (exact) mass is 372 g/mol. The van der Waals surface area contributed by atoms with E-state index in [0.29, 0.717) is 6.61 Å². The van der Waals surface area contributed by atoms with Crippen LogP contribution in [0, 0.1) is 5.92 Å². The van der Waals surface area contributed by atoms with Crippen LogP contribution < -0.4 is 4.90 Å². The van der Waals surface area contributed by atoms with Crippen LogP contribution in [0.3, 0.4) is 0 Å². The van der Waals surface area contributed by atoms with Gasteiger partial charge in [0.05, 0.1) is 30.7 Å². The third-order valence-corrected chi connectivity index (χ3v) is 6.84. The Kier molecular flexibility index (Phi) is 3.81. The molecule has 0 bridgehead atoms. The highest BCUT2D eigenvalue weighted by Gasteiger charge is 2.31. The number of quaternary nitrogens is 1. The standard InChI is InChI=1S/C19H25N5OS/c1-12-5-4-6-23(8-12)9-15-21-17-16-13-7-19(2,3)25-10-14(13)26-18(16)20-11-24(17)22-15/h11-12H,4-10H2,1-3H3/p+1/t12-/m1/s1. The minimum atomic E-state index is -0.134. The topological polar surface area (TPSA) is 56.8 Å². The summed E-state index contributed by atoms with van der Waals surface area (Å²) in [4.78, 5) is 13.5. The minimum Gasteiger partial charge on any atom is -0.370 e. The summed E-state index contributed by atoms with van der Waals surface area (Å²) in [6, 6.07) is 0. The van der Waals surface area contributed by atoms with Gasteiger partial charge in [-0.1, -0.05) is 6.92 Å². The van der Waals surface area contributed by atoms with Crippen molar-refractivity contribution in [1.29, 1.82) is 0 Å². The lowest BCUT2D eigenvalue weighted by Gasteiger charge is -2.30. The molecule has 2 aliphatic rings. The van der Waals surface area contributed by atoms with Crippen LogP contribution in [-0.2, 0) is 24.3 Å². The van der Waals surface area contributed by atoms with Gasteiger partial charge in [-0.25, -0.2) is 14.5 Å². The lowest BCUT2D eigenvalue weighted by molar-refractivity contribution is -0.922. The third kappa shape index (κ3) is 2.82. The second-order valence-electron chi connectivity index (χ2n) is 8.58. The summed E-state index contributed by atoms with van der Waals surface area (Å²) in [5.74, 6) is 1.74. The summed E-state index contributed by atoms with van der Waals surface area (Å²) in [7, 11) is 0. The van der Waals surface area contributed by atoms with E-state index in [4.69, 9.17) is 14.8 Å². The molecular formula is C19H26N5OS+. The van der Waals surface area contributed by atoms with Crippen LogP contribution in [0.2, 0.25) is 0 Å². The summed E-state index contributed by atoms with van der Waals surface area (Å²) in [5, 5.41) is 5.93. The number of fused-ring (bicyclic) bond motifs is 5. The number of thiophene rings is 1. The molecule has 26 heavy (non-hydrogen) atoms. The number of hydrogen-bond donors (Lipinski definition) is 1. The van der Waals surface area contributed by atoms with Crippen LogP contribution in [0.4, 0.5) is 0 Å². The number of rotatable bonds is 2. The molecule has 0 aliphatic carbocycles. The maximum Gasteiger partial charge on any atom is 0.206 e. The second kappa shape index (κ2) is 5.97. The second-order valence-corrected chi connectivity index (χ2v) is 9.66. The number of hydrogen-bond acceptors (Lipinski definition) is 5. The van der Waals surface area contributed by atoms with Crippen LogP contribution in [0.15, 0.2) is 6.33 Å². The molecule has 1 fully saturated rings. The Bertz CT molecular complexity index is 975. The van der Waals surface area contributed by atoms with Crippen molar-refractivity contribution < 1.29 is 9.64 Å². The van der Waals surface area contributed by atoms with E-state index in [1.165, 1.54) is 41.8 Å². The summed E-state index contributed by atoms with van der Waals surface area (Å²) in [5.41, 5.74) is 2.19. The number of ether oxygens (including phenoxy) is 1. The van der Waals surface area contributed by atoms with Crippen molar-refractivity contribution in [3.8, 4) is 0 Å². The van der Waals surface area contributed by atoms with Crippen LogP contribution in [0.1, 0.15) is 49.9 Å². The van der Waals surface area contributed by atoms with Gasteiger partial charge < -0.3 is 9.64 Å². The first kappa shape index (κ1) is 16.6. The normalized spacial score (nSPS) is 25.7. The van der Waals surface area contributed by atoms with Crippen molar-refractivity contribution >= 4 is 27.2 Å². The van der Waals surface area contributed by atoms with E-state index in [9.17, 15) is 0 Å². The number of likely N-dealkylation sites (tertiary alicyclic amines) is 1. The van der Waals surface area contributed by atoms with Crippen molar-refractivity contribution in [2.75, 3.05) is 13.1 Å². The number of piperidine rings is 1. The molecule has 1 saturated heterocycles. The molecule has 1 unspecified atom stereocenters. The minimum absolute atomic E-state index is 0.134. The van der Waals surface area contributed by atoms with E-state index in [1.807, 2.05) is 10.8 Å². The Labute approximate surface area is 157 Å². The van der Waals surface area contributed by atoms with Crippen LogP contribution >= 0.6 is 11.3 Å². The number of nitrogens with one attached hydrogen (secondary N) is 1. The SMILES string of the molecule is C[C@@H]1CCC[NH+](Cc2nc3c4c5c(sc4ncn3n2)COC(C)(C)C5)C1. The molecule has 0 spiro atoms. The Balaban J connectivity index is 1.55. The van der Waals surface area contributed by atoms with E-state index in [2.05, 4.69) is 25.8 Å². The van der Waals surface area contributed by atoms with Crippen molar-refractivity contribution in [1.82, 2.24) is 19.6 Å². The van der Waals surface area contributed by atoms with Crippen LogP contribution in [0.5, 0.6) is 0 Å². The third-order valence-electron chi connectivity index (χ3n) is 5.72. The van der Waals surface area contributed by atoms with Gasteiger partial charge in [0, 0.05) is 17.2 Å². The molecule has 2 aliphatic heterocycles. The van der Waals surface area contributed by atoms with Gasteiger partial charge in [-0.05, 0) is 32.3 Å². The molecule has 2 atom stereocenters. The number of aromatic nitrogens is 4. The van der Waals surface area contributed by atoms with E-state index in [-0.39, 0.29) is 5.60 Å². The summed E-state index contributed by atoms with van der Waals surface area (Å²) < 4.78 is 7.86. The summed E-state index contributed by atoms with van der Waals surface area (Å²) in [6.45, 7) is 10.7. The molecule has 0 aromatic carbocycles. The maximum absolute atomic E-state index is 5.99. The lowest BCUT2D eigenvalue weighted by Crippen LogP contribution is -3.12. The lowest BCUT2D eigenvalue weighted by atomic mass is 9.94. The van der Waals surface area contributed by atoms with Gasteiger partial charge >= 0.3 is 0 Å². The van der Waals surface area contributed by atoms with E-state index < -0.39 is 0 Å². The molecule has 6 nitrogen and oxygen atoms in total. The van der Waals surface area contributed by atoms with Crippen molar-refractivity contribution in [3.63, 3.8) is 0 Å². The molecule has 5 heterocycles. The fourth-order valence-corrected chi connectivity index (χ4v) is 5.51.